The van der Waals surface area contributed by atoms with E-state index in [0.717, 1.165) is 36.2 Å². The Balaban J connectivity index is 1.84. The van der Waals surface area contributed by atoms with E-state index >= 15 is 0 Å². The fourth-order valence-electron chi connectivity index (χ4n) is 2.58. The van der Waals surface area contributed by atoms with Crippen molar-refractivity contribution in [2.75, 3.05) is 18.5 Å². The molecule has 2 heterocycles. The van der Waals surface area contributed by atoms with Crippen molar-refractivity contribution in [3.05, 3.63) is 12.5 Å². The molecule has 0 saturated heterocycles. The fraction of sp³-hybridized carbons (Fsp3) is 0.583. The molecule has 96 valence electrons. The lowest BCUT2D eigenvalue weighted by Crippen LogP contribution is -2.37. The topological polar surface area (TPSA) is 67.1 Å². The number of aryl methyl sites for hydroxylation is 1. The van der Waals surface area contributed by atoms with Crippen LogP contribution in [0.25, 0.3) is 11.0 Å². The Labute approximate surface area is 105 Å². The molecule has 0 amide bonds. The molecule has 1 aliphatic carbocycles. The summed E-state index contributed by atoms with van der Waals surface area (Å²) in [5.41, 5.74) is 0.848. The highest BCUT2D eigenvalue weighted by molar-refractivity contribution is 5.86. The molecule has 0 aromatic carbocycles. The van der Waals surface area contributed by atoms with Gasteiger partial charge in [0.15, 0.2) is 5.65 Å². The van der Waals surface area contributed by atoms with Gasteiger partial charge in [0, 0.05) is 20.6 Å². The van der Waals surface area contributed by atoms with Gasteiger partial charge in [-0.25, -0.2) is 9.97 Å². The van der Waals surface area contributed by atoms with Gasteiger partial charge in [0.2, 0.25) is 0 Å². The molecule has 0 spiro atoms. The van der Waals surface area contributed by atoms with Gasteiger partial charge in [-0.2, -0.15) is 5.10 Å². The second-order valence-corrected chi connectivity index (χ2v) is 5.07. The van der Waals surface area contributed by atoms with Crippen molar-refractivity contribution in [2.24, 2.45) is 13.0 Å². The first-order valence-electron chi connectivity index (χ1n) is 6.17. The van der Waals surface area contributed by atoms with E-state index in [0.29, 0.717) is 5.92 Å². The fourth-order valence-corrected chi connectivity index (χ4v) is 2.58. The molecule has 3 rings (SSSR count). The van der Waals surface area contributed by atoms with Crippen molar-refractivity contribution >= 4 is 16.9 Å². The first-order valence-corrected chi connectivity index (χ1v) is 6.17. The van der Waals surface area contributed by atoms with Crippen LogP contribution in [0.2, 0.25) is 0 Å². The van der Waals surface area contributed by atoms with E-state index in [1.54, 1.807) is 17.2 Å². The zero-order valence-corrected chi connectivity index (χ0v) is 10.6. The Kier molecular flexibility index (Phi) is 2.66. The summed E-state index contributed by atoms with van der Waals surface area (Å²) >= 11 is 0. The predicted molar refractivity (Wildman–Crippen MR) is 68.3 cm³/mol. The summed E-state index contributed by atoms with van der Waals surface area (Å²) in [6.45, 7) is 0.915. The summed E-state index contributed by atoms with van der Waals surface area (Å²) in [7, 11) is 3.90. The summed E-state index contributed by atoms with van der Waals surface area (Å²) < 4.78 is 1.75. The van der Waals surface area contributed by atoms with Crippen LogP contribution in [0.1, 0.15) is 12.8 Å². The summed E-state index contributed by atoms with van der Waals surface area (Å²) in [5, 5.41) is 14.5. The molecule has 0 atom stereocenters. The zero-order valence-electron chi connectivity index (χ0n) is 10.6. The molecular formula is C12H17N5O. The van der Waals surface area contributed by atoms with Crippen molar-refractivity contribution in [3.63, 3.8) is 0 Å². The monoisotopic (exact) mass is 247 g/mol. The van der Waals surface area contributed by atoms with E-state index in [-0.39, 0.29) is 6.10 Å². The van der Waals surface area contributed by atoms with Crippen LogP contribution in [0.15, 0.2) is 12.5 Å². The van der Waals surface area contributed by atoms with Crippen molar-refractivity contribution in [3.8, 4) is 0 Å². The highest BCUT2D eigenvalue weighted by Crippen LogP contribution is 2.30. The van der Waals surface area contributed by atoms with E-state index < -0.39 is 0 Å². The minimum absolute atomic E-state index is 0.104. The van der Waals surface area contributed by atoms with Gasteiger partial charge in [-0.3, -0.25) is 4.68 Å². The molecule has 1 fully saturated rings. The van der Waals surface area contributed by atoms with Gasteiger partial charge < -0.3 is 10.0 Å². The Morgan fingerprint density at radius 2 is 2.22 bits per heavy atom. The predicted octanol–water partition coefficient (Wildman–Crippen LogP) is 0.570. The lowest BCUT2D eigenvalue weighted by atomic mass is 9.82. The minimum atomic E-state index is -0.104. The molecule has 2 aromatic rings. The molecular weight excluding hydrogens is 230 g/mol. The van der Waals surface area contributed by atoms with E-state index in [1.165, 1.54) is 0 Å². The highest BCUT2D eigenvalue weighted by atomic mass is 16.3. The Morgan fingerprint density at radius 1 is 1.44 bits per heavy atom. The maximum atomic E-state index is 9.32. The maximum Gasteiger partial charge on any atom is 0.163 e. The third-order valence-corrected chi connectivity index (χ3v) is 3.61. The molecule has 6 nitrogen and oxygen atoms in total. The van der Waals surface area contributed by atoms with Crippen molar-refractivity contribution < 1.29 is 5.11 Å². The van der Waals surface area contributed by atoms with Gasteiger partial charge in [0.25, 0.3) is 0 Å². The Bertz CT molecular complexity index is 561. The van der Waals surface area contributed by atoms with Gasteiger partial charge in [0.05, 0.1) is 17.7 Å². The normalized spacial score (nSPS) is 23.1. The number of hydrogen-bond acceptors (Lipinski definition) is 5. The van der Waals surface area contributed by atoms with Crippen LogP contribution in [0.5, 0.6) is 0 Å². The third kappa shape index (κ3) is 1.82. The van der Waals surface area contributed by atoms with Gasteiger partial charge >= 0.3 is 0 Å². The number of aromatic nitrogens is 4. The number of nitrogens with zero attached hydrogens (tertiary/aromatic N) is 5. The van der Waals surface area contributed by atoms with E-state index in [1.807, 2.05) is 14.1 Å². The van der Waals surface area contributed by atoms with Crippen LogP contribution in [0, 0.1) is 5.92 Å². The number of rotatable bonds is 3. The number of aliphatic hydroxyl groups excluding tert-OH is 1. The minimum Gasteiger partial charge on any atom is -0.393 e. The number of anilines is 1. The first kappa shape index (κ1) is 11.4. The van der Waals surface area contributed by atoms with Crippen LogP contribution in [-0.2, 0) is 7.05 Å². The van der Waals surface area contributed by atoms with Crippen LogP contribution < -0.4 is 4.90 Å². The van der Waals surface area contributed by atoms with E-state index in [9.17, 15) is 5.11 Å². The molecule has 0 bridgehead atoms. The molecule has 0 radical (unpaired) electrons. The second kappa shape index (κ2) is 4.20. The summed E-state index contributed by atoms with van der Waals surface area (Å²) in [5.74, 6) is 1.47. The van der Waals surface area contributed by atoms with Gasteiger partial charge in [-0.15, -0.1) is 0 Å². The quantitative estimate of drug-likeness (QED) is 0.859. The second-order valence-electron chi connectivity index (χ2n) is 5.07. The number of aliphatic hydroxyl groups is 1. The van der Waals surface area contributed by atoms with Crippen molar-refractivity contribution in [1.29, 1.82) is 0 Å². The van der Waals surface area contributed by atoms with Crippen molar-refractivity contribution in [1.82, 2.24) is 19.7 Å². The average molecular weight is 247 g/mol. The van der Waals surface area contributed by atoms with Gasteiger partial charge in [0.1, 0.15) is 12.1 Å². The standard InChI is InChI=1S/C12H17N5O/c1-16(6-8-3-9(18)4-8)11-10-5-15-17(2)12(10)14-7-13-11/h5,7-9,18H,3-4,6H2,1-2H3. The molecule has 18 heavy (non-hydrogen) atoms. The lowest BCUT2D eigenvalue weighted by molar-refractivity contribution is 0.0464. The summed E-state index contributed by atoms with van der Waals surface area (Å²) in [6, 6.07) is 0. The van der Waals surface area contributed by atoms with Crippen molar-refractivity contribution in [2.45, 2.75) is 18.9 Å². The molecule has 1 aliphatic rings. The van der Waals surface area contributed by atoms with E-state index in [4.69, 9.17) is 0 Å². The lowest BCUT2D eigenvalue weighted by Gasteiger charge is -2.34. The summed E-state index contributed by atoms with van der Waals surface area (Å²) in [6.07, 6.45) is 5.06. The SMILES string of the molecule is CN(CC1CC(O)C1)c1ncnc2c1cnn2C. The molecule has 6 heteroatoms. The number of hydrogen-bond donors (Lipinski definition) is 1. The average Bonchev–Trinajstić information content (AvgIpc) is 2.69. The van der Waals surface area contributed by atoms with E-state index in [2.05, 4.69) is 20.0 Å². The first-order chi connectivity index (χ1) is 8.65. The van der Waals surface area contributed by atoms with Crippen LogP contribution in [0.3, 0.4) is 0 Å². The molecule has 1 N–H and O–H groups in total. The Hall–Kier alpha value is -1.69. The smallest absolute Gasteiger partial charge is 0.163 e. The largest absolute Gasteiger partial charge is 0.393 e. The Morgan fingerprint density at radius 3 is 2.94 bits per heavy atom. The molecule has 0 unspecified atom stereocenters. The molecule has 1 saturated carbocycles. The summed E-state index contributed by atoms with van der Waals surface area (Å²) in [4.78, 5) is 10.7. The highest BCUT2D eigenvalue weighted by Gasteiger charge is 2.28. The van der Waals surface area contributed by atoms with Crippen LogP contribution in [-0.4, -0.2) is 44.6 Å². The molecule has 2 aromatic heterocycles. The zero-order chi connectivity index (χ0) is 12.7. The van der Waals surface area contributed by atoms with Crippen LogP contribution >= 0.6 is 0 Å². The third-order valence-electron chi connectivity index (χ3n) is 3.61. The van der Waals surface area contributed by atoms with Crippen LogP contribution in [0.4, 0.5) is 5.82 Å². The maximum absolute atomic E-state index is 9.32. The molecule has 0 aliphatic heterocycles. The van der Waals surface area contributed by atoms with Gasteiger partial charge in [-0.1, -0.05) is 0 Å². The van der Waals surface area contributed by atoms with Gasteiger partial charge in [-0.05, 0) is 18.8 Å². The number of fused-ring (bicyclic) bond motifs is 1.